The van der Waals surface area contributed by atoms with Crippen molar-refractivity contribution >= 4 is 0 Å². The summed E-state index contributed by atoms with van der Waals surface area (Å²) >= 11 is 0. The van der Waals surface area contributed by atoms with Crippen LogP contribution in [0.5, 0.6) is 0 Å². The molecule has 1 rings (SSSR count). The molecule has 1 aliphatic heterocycles. The van der Waals surface area contributed by atoms with Gasteiger partial charge in [-0.3, -0.25) is 5.01 Å². The topological polar surface area (TPSA) is 38.5 Å². The van der Waals surface area contributed by atoms with E-state index in [-0.39, 0.29) is 6.23 Å². The normalized spacial score (nSPS) is 25.1. The minimum atomic E-state index is -0.102. The van der Waals surface area contributed by atoms with E-state index < -0.39 is 0 Å². The number of allylic oxidation sites excluding steroid dienone is 2. The minimum Gasteiger partial charge on any atom is -0.357 e. The Bertz CT molecular complexity index is 142. The summed E-state index contributed by atoms with van der Waals surface area (Å²) in [6, 6.07) is 0. The number of hydrogen-bond acceptors (Lipinski definition) is 3. The van der Waals surface area contributed by atoms with Crippen molar-refractivity contribution in [2.45, 2.75) is 6.23 Å². The van der Waals surface area contributed by atoms with Gasteiger partial charge in [0, 0.05) is 13.3 Å². The van der Waals surface area contributed by atoms with Crippen LogP contribution in [0.25, 0.3) is 0 Å². The third kappa shape index (κ3) is 1.31. The van der Waals surface area contributed by atoms with Crippen LogP contribution in [0.15, 0.2) is 24.4 Å². The van der Waals surface area contributed by atoms with Gasteiger partial charge in [0.2, 0.25) is 0 Å². The number of methoxy groups -OCH3 is 1. The summed E-state index contributed by atoms with van der Waals surface area (Å²) in [6.07, 6.45) is 7.29. The van der Waals surface area contributed by atoms with Crippen molar-refractivity contribution in [1.29, 1.82) is 0 Å². The summed E-state index contributed by atoms with van der Waals surface area (Å²) in [7, 11) is 1.62. The van der Waals surface area contributed by atoms with Gasteiger partial charge in [-0.15, -0.1) is 0 Å². The minimum absolute atomic E-state index is 0.102. The molecular weight excluding hydrogens is 116 g/mol. The fraction of sp³-hybridized carbons (Fsp3) is 0.333. The summed E-state index contributed by atoms with van der Waals surface area (Å²) in [4.78, 5) is 0. The summed E-state index contributed by atoms with van der Waals surface area (Å²) in [5.74, 6) is 5.46. The molecule has 1 atom stereocenters. The van der Waals surface area contributed by atoms with Gasteiger partial charge in [-0.2, -0.15) is 0 Å². The molecule has 0 saturated heterocycles. The number of nitrogens with zero attached hydrogens (tertiary/aromatic N) is 1. The summed E-state index contributed by atoms with van der Waals surface area (Å²) in [5, 5.41) is 1.50. The maximum atomic E-state index is 5.46. The number of nitrogens with two attached hydrogens (primary N) is 1. The van der Waals surface area contributed by atoms with Gasteiger partial charge in [-0.05, 0) is 12.2 Å². The highest BCUT2D eigenvalue weighted by atomic mass is 16.5. The van der Waals surface area contributed by atoms with Crippen LogP contribution in [0.4, 0.5) is 0 Å². The van der Waals surface area contributed by atoms with Gasteiger partial charge in [0.25, 0.3) is 0 Å². The largest absolute Gasteiger partial charge is 0.357 e. The third-order valence-corrected chi connectivity index (χ3v) is 1.18. The SMILES string of the molecule is COC1C=CC=CN1N. The maximum Gasteiger partial charge on any atom is 0.162 e. The molecule has 0 amide bonds. The molecule has 0 aromatic heterocycles. The molecule has 3 heteroatoms. The van der Waals surface area contributed by atoms with Crippen molar-refractivity contribution in [1.82, 2.24) is 5.01 Å². The van der Waals surface area contributed by atoms with Crippen LogP contribution in [-0.2, 0) is 4.74 Å². The molecule has 9 heavy (non-hydrogen) atoms. The molecule has 1 unspecified atom stereocenters. The average Bonchev–Trinajstić information content (AvgIpc) is 1.89. The lowest BCUT2D eigenvalue weighted by atomic mass is 10.3. The molecule has 1 aliphatic rings. The molecule has 0 fully saturated rings. The predicted molar refractivity (Wildman–Crippen MR) is 35.1 cm³/mol. The van der Waals surface area contributed by atoms with Crippen molar-refractivity contribution in [3.8, 4) is 0 Å². The maximum absolute atomic E-state index is 5.46. The van der Waals surface area contributed by atoms with Crippen LogP contribution in [0, 0.1) is 0 Å². The van der Waals surface area contributed by atoms with Crippen molar-refractivity contribution < 1.29 is 4.74 Å². The first kappa shape index (κ1) is 6.32. The van der Waals surface area contributed by atoms with Crippen LogP contribution < -0.4 is 5.84 Å². The van der Waals surface area contributed by atoms with Crippen LogP contribution >= 0.6 is 0 Å². The number of hydrazine groups is 1. The lowest BCUT2D eigenvalue weighted by Crippen LogP contribution is -2.37. The van der Waals surface area contributed by atoms with Crippen molar-refractivity contribution in [3.05, 3.63) is 24.4 Å². The third-order valence-electron chi connectivity index (χ3n) is 1.18. The number of ether oxygens (including phenoxy) is 1. The van der Waals surface area contributed by atoms with E-state index in [1.54, 1.807) is 13.3 Å². The Balaban J connectivity index is 2.55. The second kappa shape index (κ2) is 2.66. The highest BCUT2D eigenvalue weighted by Crippen LogP contribution is 2.02. The van der Waals surface area contributed by atoms with E-state index in [0.29, 0.717) is 0 Å². The molecular formula is C6H10N2O. The Labute approximate surface area is 54.4 Å². The van der Waals surface area contributed by atoms with Gasteiger partial charge >= 0.3 is 0 Å². The molecule has 0 radical (unpaired) electrons. The highest BCUT2D eigenvalue weighted by Gasteiger charge is 2.07. The molecule has 0 aromatic rings. The standard InChI is InChI=1S/C6H10N2O/c1-9-6-4-2-3-5-8(6)7/h2-6H,7H2,1H3. The van der Waals surface area contributed by atoms with E-state index in [1.165, 1.54) is 5.01 Å². The molecule has 3 nitrogen and oxygen atoms in total. The molecule has 1 heterocycles. The number of hydrogen-bond donors (Lipinski definition) is 1. The van der Waals surface area contributed by atoms with Gasteiger partial charge < -0.3 is 4.74 Å². The Morgan fingerprint density at radius 2 is 2.33 bits per heavy atom. The summed E-state index contributed by atoms with van der Waals surface area (Å²) in [5.41, 5.74) is 0. The molecule has 50 valence electrons. The van der Waals surface area contributed by atoms with Gasteiger partial charge in [-0.1, -0.05) is 6.08 Å². The Morgan fingerprint density at radius 1 is 1.56 bits per heavy atom. The van der Waals surface area contributed by atoms with Gasteiger partial charge in [0.05, 0.1) is 0 Å². The van der Waals surface area contributed by atoms with Crippen LogP contribution in [0.1, 0.15) is 0 Å². The van der Waals surface area contributed by atoms with Crippen molar-refractivity contribution in [2.75, 3.05) is 7.11 Å². The second-order valence-electron chi connectivity index (χ2n) is 1.80. The Morgan fingerprint density at radius 3 is 2.78 bits per heavy atom. The molecule has 0 aromatic carbocycles. The van der Waals surface area contributed by atoms with Crippen LogP contribution in [0.3, 0.4) is 0 Å². The van der Waals surface area contributed by atoms with Crippen molar-refractivity contribution in [3.63, 3.8) is 0 Å². The van der Waals surface area contributed by atoms with Crippen LogP contribution in [-0.4, -0.2) is 18.3 Å². The first-order chi connectivity index (χ1) is 4.34. The van der Waals surface area contributed by atoms with Gasteiger partial charge in [0.15, 0.2) is 6.23 Å². The van der Waals surface area contributed by atoms with Gasteiger partial charge in [-0.25, -0.2) is 5.84 Å². The van der Waals surface area contributed by atoms with E-state index in [0.717, 1.165) is 0 Å². The van der Waals surface area contributed by atoms with E-state index in [2.05, 4.69) is 0 Å². The average molecular weight is 126 g/mol. The Hall–Kier alpha value is -0.800. The zero-order valence-corrected chi connectivity index (χ0v) is 5.32. The van der Waals surface area contributed by atoms with E-state index in [9.17, 15) is 0 Å². The first-order valence-corrected chi connectivity index (χ1v) is 2.75. The van der Waals surface area contributed by atoms with Gasteiger partial charge in [0.1, 0.15) is 0 Å². The predicted octanol–water partition coefficient (Wildman–Crippen LogP) is 0.218. The number of rotatable bonds is 1. The zero-order valence-electron chi connectivity index (χ0n) is 5.32. The molecule has 0 spiro atoms. The fourth-order valence-electron chi connectivity index (χ4n) is 0.693. The molecule has 2 N–H and O–H groups in total. The zero-order chi connectivity index (χ0) is 6.69. The van der Waals surface area contributed by atoms with E-state index in [1.807, 2.05) is 18.2 Å². The second-order valence-corrected chi connectivity index (χ2v) is 1.80. The molecule has 0 bridgehead atoms. The lowest BCUT2D eigenvalue weighted by Gasteiger charge is -2.23. The Kier molecular flexibility index (Phi) is 1.87. The van der Waals surface area contributed by atoms with Crippen molar-refractivity contribution in [2.24, 2.45) is 5.84 Å². The fourth-order valence-corrected chi connectivity index (χ4v) is 0.693. The highest BCUT2D eigenvalue weighted by molar-refractivity contribution is 5.09. The summed E-state index contributed by atoms with van der Waals surface area (Å²) in [6.45, 7) is 0. The van der Waals surface area contributed by atoms with Crippen LogP contribution in [0.2, 0.25) is 0 Å². The van der Waals surface area contributed by atoms with E-state index >= 15 is 0 Å². The lowest BCUT2D eigenvalue weighted by molar-refractivity contribution is 0.0299. The first-order valence-electron chi connectivity index (χ1n) is 2.75. The molecule has 0 aliphatic carbocycles. The molecule has 0 saturated carbocycles. The summed E-state index contributed by atoms with van der Waals surface area (Å²) < 4.78 is 4.97. The monoisotopic (exact) mass is 126 g/mol. The van der Waals surface area contributed by atoms with E-state index in [4.69, 9.17) is 10.6 Å². The quantitative estimate of drug-likeness (QED) is 0.511. The smallest absolute Gasteiger partial charge is 0.162 e.